The highest BCUT2D eigenvalue weighted by atomic mass is 31.2. The highest BCUT2D eigenvalue weighted by Gasteiger charge is 2.43. The molecule has 1 heterocycles. The Morgan fingerprint density at radius 2 is 1.92 bits per heavy atom. The minimum atomic E-state index is -3.44. The maximum absolute atomic E-state index is 13.3. The summed E-state index contributed by atoms with van der Waals surface area (Å²) in [5.74, 6) is 0.341. The summed E-state index contributed by atoms with van der Waals surface area (Å²) < 4.78 is 35.3. The monoisotopic (exact) mass is 377 g/mol. The molecule has 0 amide bonds. The number of aliphatic imine (C=N–C) groups is 1. The molecule has 25 heavy (non-hydrogen) atoms. The normalized spacial score (nSPS) is 19.4. The molecule has 1 aliphatic heterocycles. The summed E-state index contributed by atoms with van der Waals surface area (Å²) in [6, 6.07) is -0.0140. The lowest BCUT2D eigenvalue weighted by Gasteiger charge is -2.25. The van der Waals surface area contributed by atoms with Gasteiger partial charge in [0.1, 0.15) is 18.9 Å². The molecule has 0 saturated heterocycles. The Hall–Kier alpha value is -0.750. The van der Waals surface area contributed by atoms with Crippen LogP contribution in [-0.4, -0.2) is 56.4 Å². The van der Waals surface area contributed by atoms with E-state index in [1.165, 1.54) is 6.92 Å². The summed E-state index contributed by atoms with van der Waals surface area (Å²) in [6.45, 7) is 12.5. The van der Waals surface area contributed by atoms with Crippen LogP contribution in [0.1, 0.15) is 48.0 Å². The third-order valence-electron chi connectivity index (χ3n) is 3.80. The second kappa shape index (κ2) is 9.81. The van der Waals surface area contributed by atoms with Crippen molar-refractivity contribution < 1.29 is 27.9 Å². The number of hydrogen-bond donors (Lipinski definition) is 0. The van der Waals surface area contributed by atoms with Crippen LogP contribution in [0.5, 0.6) is 0 Å². The third-order valence-corrected chi connectivity index (χ3v) is 6.28. The largest absolute Gasteiger partial charge is 0.478 e. The van der Waals surface area contributed by atoms with Gasteiger partial charge in [0.15, 0.2) is 11.7 Å². The summed E-state index contributed by atoms with van der Waals surface area (Å²) in [5.41, 5.74) is -0.690. The van der Waals surface area contributed by atoms with Crippen LogP contribution < -0.4 is 0 Å². The smallest absolute Gasteiger partial charge is 0.343 e. The molecular weight excluding hydrogens is 345 g/mol. The van der Waals surface area contributed by atoms with E-state index in [2.05, 4.69) is 25.8 Å². The van der Waals surface area contributed by atoms with Crippen LogP contribution in [0, 0.1) is 5.41 Å². The lowest BCUT2D eigenvalue weighted by molar-refractivity contribution is -0.121. The number of carbonyl (C=O) groups is 1. The van der Waals surface area contributed by atoms with Gasteiger partial charge >= 0.3 is 7.60 Å². The van der Waals surface area contributed by atoms with E-state index in [-0.39, 0.29) is 43.7 Å². The molecule has 8 heteroatoms. The summed E-state index contributed by atoms with van der Waals surface area (Å²) in [6.07, 6.45) is 0.347. The zero-order valence-corrected chi connectivity index (χ0v) is 17.1. The van der Waals surface area contributed by atoms with Crippen LogP contribution in [0.3, 0.4) is 0 Å². The predicted molar refractivity (Wildman–Crippen MR) is 97.4 cm³/mol. The van der Waals surface area contributed by atoms with Crippen LogP contribution in [-0.2, 0) is 27.9 Å². The van der Waals surface area contributed by atoms with Crippen LogP contribution >= 0.6 is 7.60 Å². The first-order valence-corrected chi connectivity index (χ1v) is 10.4. The van der Waals surface area contributed by atoms with Crippen molar-refractivity contribution in [1.29, 1.82) is 0 Å². The number of hydrogen-bond acceptors (Lipinski definition) is 7. The summed E-state index contributed by atoms with van der Waals surface area (Å²) >= 11 is 0. The van der Waals surface area contributed by atoms with Gasteiger partial charge in [-0.05, 0) is 32.6 Å². The highest BCUT2D eigenvalue weighted by molar-refractivity contribution is 7.55. The minimum Gasteiger partial charge on any atom is -0.478 e. The van der Waals surface area contributed by atoms with Crippen LogP contribution in [0.25, 0.3) is 0 Å². The van der Waals surface area contributed by atoms with Gasteiger partial charge in [-0.15, -0.1) is 0 Å². The van der Waals surface area contributed by atoms with Crippen LogP contribution in [0.2, 0.25) is 0 Å². The number of carbonyl (C=O) groups excluding carboxylic acids is 1. The lowest BCUT2D eigenvalue weighted by atomic mass is 9.88. The van der Waals surface area contributed by atoms with Gasteiger partial charge in [0.2, 0.25) is 0 Å². The molecule has 0 aromatic heterocycles. The van der Waals surface area contributed by atoms with Gasteiger partial charge in [0.05, 0.1) is 19.3 Å². The van der Waals surface area contributed by atoms with Crippen LogP contribution in [0.4, 0.5) is 0 Å². The van der Waals surface area contributed by atoms with Crippen molar-refractivity contribution in [3.05, 3.63) is 0 Å². The van der Waals surface area contributed by atoms with E-state index in [1.807, 2.05) is 0 Å². The Bertz CT molecular complexity index is 504. The Labute approximate surface area is 151 Å². The molecule has 0 aliphatic carbocycles. The maximum atomic E-state index is 13.3. The number of nitrogens with zero attached hydrogens (tertiary/aromatic N) is 1. The van der Waals surface area contributed by atoms with E-state index in [1.54, 1.807) is 13.8 Å². The molecule has 0 radical (unpaired) electrons. The average molecular weight is 377 g/mol. The van der Waals surface area contributed by atoms with E-state index in [0.717, 1.165) is 0 Å². The second-order valence-electron chi connectivity index (χ2n) is 7.09. The van der Waals surface area contributed by atoms with Crippen molar-refractivity contribution in [1.82, 2.24) is 0 Å². The van der Waals surface area contributed by atoms with Gasteiger partial charge < -0.3 is 18.5 Å². The zero-order chi connectivity index (χ0) is 19.1. The highest BCUT2D eigenvalue weighted by Crippen LogP contribution is 2.55. The molecule has 0 bridgehead atoms. The molecule has 0 N–H and O–H groups in total. The Kier molecular flexibility index (Phi) is 8.75. The lowest BCUT2D eigenvalue weighted by Crippen LogP contribution is -2.26. The summed E-state index contributed by atoms with van der Waals surface area (Å²) in [4.78, 5) is 15.7. The first-order valence-electron chi connectivity index (χ1n) is 8.80. The molecule has 146 valence electrons. The SMILES string of the molecule is CCOP(=O)(OCC)C(CCOCC(C)=O)C1=N[C@@H](C(C)(C)C)CO1. The van der Waals surface area contributed by atoms with E-state index in [4.69, 9.17) is 18.5 Å². The molecule has 1 rings (SSSR count). The standard InChI is InChI=1S/C17H32NO6P/c1-7-23-25(20,24-8-2)14(9-10-21-11-13(3)19)16-18-15(12-22-16)17(4,5)6/h14-15H,7-12H2,1-6H3/t14?,15-/m1/s1. The summed E-state index contributed by atoms with van der Waals surface area (Å²) in [5, 5.41) is 0. The molecule has 0 aromatic rings. The molecule has 1 unspecified atom stereocenters. The zero-order valence-electron chi connectivity index (χ0n) is 16.2. The molecule has 0 spiro atoms. The number of Topliss-reactive ketones (excluding diaryl/α,β-unsaturated/α-hetero) is 1. The van der Waals surface area contributed by atoms with Gasteiger partial charge in [0, 0.05) is 6.61 Å². The molecule has 0 fully saturated rings. The topological polar surface area (TPSA) is 83.4 Å². The van der Waals surface area contributed by atoms with Gasteiger partial charge in [-0.2, -0.15) is 0 Å². The van der Waals surface area contributed by atoms with Crippen molar-refractivity contribution in [3.63, 3.8) is 0 Å². The molecule has 0 saturated carbocycles. The van der Waals surface area contributed by atoms with Crippen molar-refractivity contribution in [3.8, 4) is 0 Å². The molecule has 0 aromatic carbocycles. The average Bonchev–Trinajstić information content (AvgIpc) is 2.96. The molecular formula is C17H32NO6P. The van der Waals surface area contributed by atoms with Crippen molar-refractivity contribution in [2.24, 2.45) is 10.4 Å². The maximum Gasteiger partial charge on any atom is 0.343 e. The third kappa shape index (κ3) is 6.81. The Morgan fingerprint density at radius 1 is 1.32 bits per heavy atom. The Morgan fingerprint density at radius 3 is 2.36 bits per heavy atom. The molecule has 2 atom stereocenters. The summed E-state index contributed by atoms with van der Waals surface area (Å²) in [7, 11) is -3.44. The van der Waals surface area contributed by atoms with Crippen molar-refractivity contribution in [2.45, 2.75) is 59.7 Å². The predicted octanol–water partition coefficient (Wildman–Crippen LogP) is 3.46. The van der Waals surface area contributed by atoms with Crippen LogP contribution in [0.15, 0.2) is 4.99 Å². The number of ketones is 1. The first kappa shape index (κ1) is 22.3. The van der Waals surface area contributed by atoms with Crippen molar-refractivity contribution in [2.75, 3.05) is 33.0 Å². The first-order chi connectivity index (χ1) is 11.6. The second-order valence-corrected chi connectivity index (χ2v) is 9.31. The number of rotatable bonds is 11. The fourth-order valence-electron chi connectivity index (χ4n) is 2.42. The fraction of sp³-hybridized carbons (Fsp3) is 0.882. The van der Waals surface area contributed by atoms with E-state index in [9.17, 15) is 9.36 Å². The van der Waals surface area contributed by atoms with E-state index < -0.39 is 13.3 Å². The quantitative estimate of drug-likeness (QED) is 0.405. The molecule has 7 nitrogen and oxygen atoms in total. The van der Waals surface area contributed by atoms with E-state index >= 15 is 0 Å². The minimum absolute atomic E-state index is 0.0140. The van der Waals surface area contributed by atoms with Gasteiger partial charge in [0.25, 0.3) is 0 Å². The van der Waals surface area contributed by atoms with Gasteiger partial charge in [-0.1, -0.05) is 20.8 Å². The van der Waals surface area contributed by atoms with E-state index in [0.29, 0.717) is 18.9 Å². The number of ether oxygens (including phenoxy) is 2. The van der Waals surface area contributed by atoms with Gasteiger partial charge in [-0.25, -0.2) is 4.99 Å². The molecule has 1 aliphatic rings. The van der Waals surface area contributed by atoms with Crippen molar-refractivity contribution >= 4 is 19.3 Å². The van der Waals surface area contributed by atoms with Gasteiger partial charge in [-0.3, -0.25) is 9.36 Å². The fourth-order valence-corrected chi connectivity index (χ4v) is 4.41. The Balaban J connectivity index is 2.98.